The number of nitrogens with one attached hydrogen (secondary N) is 1. The number of hydrogen-bond acceptors (Lipinski definition) is 2. The van der Waals surface area contributed by atoms with E-state index in [0.717, 1.165) is 54.7 Å². The van der Waals surface area contributed by atoms with Crippen LogP contribution in [0.5, 0.6) is 0 Å². The van der Waals surface area contributed by atoms with E-state index in [2.05, 4.69) is 79.7 Å². The number of anilines is 2. The Bertz CT molecular complexity index is 745. The van der Waals surface area contributed by atoms with Gasteiger partial charge >= 0.3 is 0 Å². The van der Waals surface area contributed by atoms with Gasteiger partial charge in [0.25, 0.3) is 0 Å². The summed E-state index contributed by atoms with van der Waals surface area (Å²) in [4.78, 5) is 2.47. The Morgan fingerprint density at radius 2 is 1.69 bits per heavy atom. The Hall–Kier alpha value is -2.48. The van der Waals surface area contributed by atoms with Gasteiger partial charge in [0.1, 0.15) is 0 Å². The van der Waals surface area contributed by atoms with Gasteiger partial charge in [0.15, 0.2) is 0 Å². The molecule has 0 aliphatic heterocycles. The van der Waals surface area contributed by atoms with Crippen LogP contribution < -0.4 is 10.2 Å². The first-order valence-corrected chi connectivity index (χ1v) is 9.59. The highest BCUT2D eigenvalue weighted by atomic mass is 15.1. The maximum Gasteiger partial charge on any atom is 0.0417 e. The van der Waals surface area contributed by atoms with E-state index in [4.69, 9.17) is 0 Å². The summed E-state index contributed by atoms with van der Waals surface area (Å²) >= 11 is 0. The molecule has 0 heterocycles. The molecule has 0 spiro atoms. The quantitative estimate of drug-likeness (QED) is 0.517. The largest absolute Gasteiger partial charge is 0.388 e. The second-order valence-electron chi connectivity index (χ2n) is 6.54. The standard InChI is InChI=1S/C24H32N2/c1-6-21-14-8-11-17-24(21)26(7-2)18-12-13-19(3)20(4)22-15-9-10-16-23(22)25-5/h8-11,14-17,25H,3-4,6-7,12-13,18H2,1-2,5H3. The van der Waals surface area contributed by atoms with Crippen molar-refractivity contribution in [2.45, 2.75) is 33.1 Å². The van der Waals surface area contributed by atoms with Gasteiger partial charge < -0.3 is 10.2 Å². The average Bonchev–Trinajstić information content (AvgIpc) is 2.70. The maximum absolute atomic E-state index is 4.29. The van der Waals surface area contributed by atoms with Crippen molar-refractivity contribution in [1.29, 1.82) is 0 Å². The number of benzene rings is 2. The fourth-order valence-electron chi connectivity index (χ4n) is 3.36. The molecule has 2 heteroatoms. The van der Waals surface area contributed by atoms with Gasteiger partial charge in [-0.15, -0.1) is 0 Å². The van der Waals surface area contributed by atoms with Gasteiger partial charge in [-0.2, -0.15) is 0 Å². The Balaban J connectivity index is 1.97. The summed E-state index contributed by atoms with van der Waals surface area (Å²) in [6.45, 7) is 15.1. The lowest BCUT2D eigenvalue weighted by molar-refractivity contribution is 0.746. The zero-order valence-electron chi connectivity index (χ0n) is 16.5. The SMILES string of the molecule is C=C(CCCN(CC)c1ccccc1CC)C(=C)c1ccccc1NC. The van der Waals surface area contributed by atoms with Gasteiger partial charge in [-0.3, -0.25) is 0 Å². The topological polar surface area (TPSA) is 15.3 Å². The van der Waals surface area contributed by atoms with Crippen LogP contribution in [-0.2, 0) is 6.42 Å². The molecule has 0 saturated heterocycles. The molecule has 0 aliphatic rings. The first kappa shape index (κ1) is 19.8. The summed E-state index contributed by atoms with van der Waals surface area (Å²) in [5, 5.41) is 3.24. The van der Waals surface area contributed by atoms with E-state index in [1.165, 1.54) is 11.3 Å². The minimum Gasteiger partial charge on any atom is -0.388 e. The third kappa shape index (κ3) is 4.78. The van der Waals surface area contributed by atoms with E-state index >= 15 is 0 Å². The Labute approximate surface area is 159 Å². The molecular formula is C24H32N2. The van der Waals surface area contributed by atoms with E-state index in [1.54, 1.807) is 0 Å². The van der Waals surface area contributed by atoms with Crippen LogP contribution in [-0.4, -0.2) is 20.1 Å². The highest BCUT2D eigenvalue weighted by molar-refractivity contribution is 5.83. The number of hydrogen-bond donors (Lipinski definition) is 1. The van der Waals surface area contributed by atoms with Gasteiger partial charge in [-0.1, -0.05) is 56.5 Å². The number of nitrogens with zero attached hydrogens (tertiary/aromatic N) is 1. The predicted molar refractivity (Wildman–Crippen MR) is 117 cm³/mol. The van der Waals surface area contributed by atoms with Gasteiger partial charge in [0, 0.05) is 37.1 Å². The predicted octanol–water partition coefficient (Wildman–Crippen LogP) is 6.17. The summed E-state index contributed by atoms with van der Waals surface area (Å²) in [7, 11) is 1.94. The highest BCUT2D eigenvalue weighted by Crippen LogP contribution is 2.29. The molecule has 2 aromatic rings. The molecule has 138 valence electrons. The van der Waals surface area contributed by atoms with E-state index in [9.17, 15) is 0 Å². The van der Waals surface area contributed by atoms with Crippen LogP contribution in [0, 0.1) is 0 Å². The summed E-state index contributed by atoms with van der Waals surface area (Å²) in [5.41, 5.74) is 7.18. The second kappa shape index (κ2) is 9.86. The van der Waals surface area contributed by atoms with Gasteiger partial charge in [0.05, 0.1) is 0 Å². The normalized spacial score (nSPS) is 10.4. The molecule has 0 amide bonds. The first-order valence-electron chi connectivity index (χ1n) is 9.59. The molecule has 0 aromatic heterocycles. The molecule has 0 bridgehead atoms. The van der Waals surface area contributed by atoms with Crippen molar-refractivity contribution >= 4 is 16.9 Å². The van der Waals surface area contributed by atoms with Crippen LogP contribution in [0.1, 0.15) is 37.8 Å². The Morgan fingerprint density at radius 1 is 1.00 bits per heavy atom. The zero-order chi connectivity index (χ0) is 18.9. The fourth-order valence-corrected chi connectivity index (χ4v) is 3.36. The number of allylic oxidation sites excluding steroid dienone is 2. The number of rotatable bonds is 10. The molecular weight excluding hydrogens is 316 g/mol. The zero-order valence-corrected chi connectivity index (χ0v) is 16.5. The van der Waals surface area contributed by atoms with Crippen molar-refractivity contribution in [3.8, 4) is 0 Å². The van der Waals surface area contributed by atoms with E-state index in [1.807, 2.05) is 13.1 Å². The van der Waals surface area contributed by atoms with Crippen molar-refractivity contribution in [1.82, 2.24) is 0 Å². The molecule has 26 heavy (non-hydrogen) atoms. The number of para-hydroxylation sites is 2. The maximum atomic E-state index is 4.29. The van der Waals surface area contributed by atoms with Crippen molar-refractivity contribution in [3.63, 3.8) is 0 Å². The van der Waals surface area contributed by atoms with E-state index in [-0.39, 0.29) is 0 Å². The van der Waals surface area contributed by atoms with Gasteiger partial charge in [0.2, 0.25) is 0 Å². The molecule has 1 N–H and O–H groups in total. The monoisotopic (exact) mass is 348 g/mol. The second-order valence-corrected chi connectivity index (χ2v) is 6.54. The van der Waals surface area contributed by atoms with Crippen molar-refractivity contribution in [2.24, 2.45) is 0 Å². The van der Waals surface area contributed by atoms with Crippen LogP contribution in [0.3, 0.4) is 0 Å². The molecule has 0 saturated carbocycles. The van der Waals surface area contributed by atoms with Crippen LogP contribution >= 0.6 is 0 Å². The molecule has 0 unspecified atom stereocenters. The molecule has 0 radical (unpaired) electrons. The molecule has 2 nitrogen and oxygen atoms in total. The lowest BCUT2D eigenvalue weighted by atomic mass is 9.96. The lowest BCUT2D eigenvalue weighted by Crippen LogP contribution is -2.25. The summed E-state index contributed by atoms with van der Waals surface area (Å²) < 4.78 is 0. The molecule has 2 aromatic carbocycles. The lowest BCUT2D eigenvalue weighted by Gasteiger charge is -2.26. The van der Waals surface area contributed by atoms with Crippen LogP contribution in [0.15, 0.2) is 67.3 Å². The minimum absolute atomic E-state index is 0.960. The third-order valence-corrected chi connectivity index (χ3v) is 4.95. The van der Waals surface area contributed by atoms with Crippen LogP contribution in [0.25, 0.3) is 5.57 Å². The van der Waals surface area contributed by atoms with Crippen molar-refractivity contribution < 1.29 is 0 Å². The van der Waals surface area contributed by atoms with E-state index < -0.39 is 0 Å². The summed E-state index contributed by atoms with van der Waals surface area (Å²) in [6.07, 6.45) is 3.10. The van der Waals surface area contributed by atoms with Crippen molar-refractivity contribution in [3.05, 3.63) is 78.4 Å². The minimum atomic E-state index is 0.960. The smallest absolute Gasteiger partial charge is 0.0417 e. The third-order valence-electron chi connectivity index (χ3n) is 4.95. The van der Waals surface area contributed by atoms with E-state index in [0.29, 0.717) is 0 Å². The first-order chi connectivity index (χ1) is 12.6. The van der Waals surface area contributed by atoms with Gasteiger partial charge in [-0.05, 0) is 55.0 Å². The molecule has 2 rings (SSSR count). The Kier molecular flexibility index (Phi) is 7.53. The van der Waals surface area contributed by atoms with Crippen LogP contribution in [0.2, 0.25) is 0 Å². The molecule has 0 aliphatic carbocycles. The summed E-state index contributed by atoms with van der Waals surface area (Å²) in [6, 6.07) is 17.0. The molecule has 0 atom stereocenters. The fraction of sp³-hybridized carbons (Fsp3) is 0.333. The average molecular weight is 349 g/mol. The summed E-state index contributed by atoms with van der Waals surface area (Å²) in [5.74, 6) is 0. The molecule has 0 fully saturated rings. The van der Waals surface area contributed by atoms with Crippen LogP contribution in [0.4, 0.5) is 11.4 Å². The number of aryl methyl sites for hydroxylation is 1. The van der Waals surface area contributed by atoms with Crippen molar-refractivity contribution in [2.75, 3.05) is 30.4 Å². The highest BCUT2D eigenvalue weighted by Gasteiger charge is 2.11. The Morgan fingerprint density at radius 3 is 2.38 bits per heavy atom. The van der Waals surface area contributed by atoms with Gasteiger partial charge in [-0.25, -0.2) is 0 Å².